The van der Waals surface area contributed by atoms with Crippen molar-refractivity contribution >= 4 is 22.4 Å². The Labute approximate surface area is 124 Å². The Morgan fingerprint density at radius 1 is 1.40 bits per heavy atom. The predicted octanol–water partition coefficient (Wildman–Crippen LogP) is 2.90. The minimum absolute atomic E-state index is 0.0271. The summed E-state index contributed by atoms with van der Waals surface area (Å²) >= 11 is 1.50. The topological polar surface area (TPSA) is 80.9 Å². The molecule has 5 nitrogen and oxygen atoms in total. The molecule has 6 heteroatoms. The molecular formula is C14H24N4OS. The van der Waals surface area contributed by atoms with Crippen molar-refractivity contribution in [1.82, 2.24) is 10.2 Å². The summed E-state index contributed by atoms with van der Waals surface area (Å²) in [6.07, 6.45) is 5.88. The van der Waals surface area contributed by atoms with Crippen LogP contribution in [0.3, 0.4) is 0 Å². The number of aromatic nitrogens is 2. The second-order valence-corrected chi connectivity index (χ2v) is 6.58. The van der Waals surface area contributed by atoms with E-state index in [4.69, 9.17) is 5.73 Å². The average Bonchev–Trinajstić information content (AvgIpc) is 2.88. The molecule has 2 rings (SSSR count). The van der Waals surface area contributed by atoms with Gasteiger partial charge < -0.3 is 11.1 Å². The van der Waals surface area contributed by atoms with Crippen LogP contribution in [0.25, 0.3) is 0 Å². The van der Waals surface area contributed by atoms with Crippen molar-refractivity contribution < 1.29 is 4.79 Å². The first-order valence-electron chi connectivity index (χ1n) is 7.53. The first-order valence-corrected chi connectivity index (χ1v) is 8.35. The molecule has 1 saturated carbocycles. The van der Waals surface area contributed by atoms with Crippen LogP contribution in [0.2, 0.25) is 0 Å². The van der Waals surface area contributed by atoms with Crippen molar-refractivity contribution in [3.8, 4) is 0 Å². The highest BCUT2D eigenvalue weighted by atomic mass is 32.1. The monoisotopic (exact) mass is 296 g/mol. The van der Waals surface area contributed by atoms with Crippen molar-refractivity contribution in [2.45, 2.75) is 64.3 Å². The van der Waals surface area contributed by atoms with Gasteiger partial charge in [-0.25, -0.2) is 0 Å². The number of nitrogens with two attached hydrogens (primary N) is 1. The van der Waals surface area contributed by atoms with E-state index in [0.717, 1.165) is 43.5 Å². The molecule has 0 aromatic carbocycles. The lowest BCUT2D eigenvalue weighted by Gasteiger charge is -2.25. The molecule has 1 aliphatic carbocycles. The van der Waals surface area contributed by atoms with Crippen LogP contribution < -0.4 is 11.1 Å². The van der Waals surface area contributed by atoms with Crippen LogP contribution in [0, 0.1) is 5.92 Å². The molecule has 0 aliphatic heterocycles. The van der Waals surface area contributed by atoms with Gasteiger partial charge in [-0.1, -0.05) is 31.6 Å². The van der Waals surface area contributed by atoms with Gasteiger partial charge in [-0.3, -0.25) is 4.79 Å². The van der Waals surface area contributed by atoms with Crippen molar-refractivity contribution in [2.24, 2.45) is 11.7 Å². The Bertz CT molecular complexity index is 444. The molecule has 1 aromatic heterocycles. The highest BCUT2D eigenvalue weighted by molar-refractivity contribution is 7.15. The first kappa shape index (κ1) is 15.4. The normalized spacial score (nSPS) is 23.0. The molecule has 2 atom stereocenters. The van der Waals surface area contributed by atoms with Gasteiger partial charge in [-0.2, -0.15) is 0 Å². The number of nitrogens with one attached hydrogen (secondary N) is 1. The number of carbonyl (C=O) groups is 1. The van der Waals surface area contributed by atoms with Crippen LogP contribution in [0.15, 0.2) is 0 Å². The molecule has 1 aromatic rings. The van der Waals surface area contributed by atoms with Crippen molar-refractivity contribution in [3.05, 3.63) is 5.01 Å². The van der Waals surface area contributed by atoms with E-state index in [-0.39, 0.29) is 17.9 Å². The quantitative estimate of drug-likeness (QED) is 0.875. The third-order valence-corrected chi connectivity index (χ3v) is 5.09. The Morgan fingerprint density at radius 3 is 2.80 bits per heavy atom. The van der Waals surface area contributed by atoms with E-state index in [1.165, 1.54) is 11.3 Å². The highest BCUT2D eigenvalue weighted by Crippen LogP contribution is 2.29. The maximum atomic E-state index is 12.2. The van der Waals surface area contributed by atoms with E-state index in [2.05, 4.69) is 29.4 Å². The van der Waals surface area contributed by atoms with Gasteiger partial charge in [-0.15, -0.1) is 10.2 Å². The van der Waals surface area contributed by atoms with Crippen molar-refractivity contribution in [2.75, 3.05) is 5.32 Å². The minimum Gasteiger partial charge on any atom is -0.328 e. The van der Waals surface area contributed by atoms with Gasteiger partial charge in [0, 0.05) is 17.9 Å². The summed E-state index contributed by atoms with van der Waals surface area (Å²) in [5.74, 6) is 0.521. The first-order chi connectivity index (χ1) is 9.63. The second-order valence-electron chi connectivity index (χ2n) is 5.57. The fourth-order valence-electron chi connectivity index (χ4n) is 2.76. The third-order valence-electron chi connectivity index (χ3n) is 4.09. The average molecular weight is 296 g/mol. The van der Waals surface area contributed by atoms with Gasteiger partial charge >= 0.3 is 0 Å². The van der Waals surface area contributed by atoms with Gasteiger partial charge in [0.2, 0.25) is 11.0 Å². The smallest absolute Gasteiger partial charge is 0.229 e. The van der Waals surface area contributed by atoms with Gasteiger partial charge in [-0.05, 0) is 32.1 Å². The summed E-state index contributed by atoms with van der Waals surface area (Å²) < 4.78 is 0. The molecule has 1 fully saturated rings. The number of amides is 1. The zero-order valence-corrected chi connectivity index (χ0v) is 13.1. The Morgan fingerprint density at radius 2 is 2.15 bits per heavy atom. The van der Waals surface area contributed by atoms with Gasteiger partial charge in [0.1, 0.15) is 5.01 Å². The van der Waals surface area contributed by atoms with E-state index in [1.54, 1.807) is 0 Å². The molecule has 0 radical (unpaired) electrons. The molecule has 112 valence electrons. The zero-order chi connectivity index (χ0) is 14.5. The molecule has 1 heterocycles. The van der Waals surface area contributed by atoms with E-state index in [9.17, 15) is 4.79 Å². The Hall–Kier alpha value is -1.01. The summed E-state index contributed by atoms with van der Waals surface area (Å²) in [7, 11) is 0. The molecule has 2 unspecified atom stereocenters. The number of rotatable bonds is 5. The SMILES string of the molecule is CCC(CC)c1nnc(NC(=O)C2CCCC(N)C2)s1. The molecule has 0 saturated heterocycles. The second kappa shape index (κ2) is 7.13. The maximum Gasteiger partial charge on any atom is 0.229 e. The van der Waals surface area contributed by atoms with Crippen LogP contribution in [-0.4, -0.2) is 22.1 Å². The summed E-state index contributed by atoms with van der Waals surface area (Å²) in [6, 6.07) is 0.161. The number of nitrogens with zero attached hydrogens (tertiary/aromatic N) is 2. The zero-order valence-electron chi connectivity index (χ0n) is 12.3. The van der Waals surface area contributed by atoms with E-state index in [0.29, 0.717) is 11.0 Å². The van der Waals surface area contributed by atoms with Crippen molar-refractivity contribution in [3.63, 3.8) is 0 Å². The fourth-order valence-corrected chi connectivity index (χ4v) is 3.77. The van der Waals surface area contributed by atoms with Crippen LogP contribution in [0.5, 0.6) is 0 Å². The van der Waals surface area contributed by atoms with E-state index >= 15 is 0 Å². The fraction of sp³-hybridized carbons (Fsp3) is 0.786. The van der Waals surface area contributed by atoms with Crippen molar-refractivity contribution in [1.29, 1.82) is 0 Å². The van der Waals surface area contributed by atoms with Gasteiger partial charge in [0.05, 0.1) is 0 Å². The Kier molecular flexibility index (Phi) is 5.48. The minimum atomic E-state index is 0.0271. The molecule has 0 bridgehead atoms. The summed E-state index contributed by atoms with van der Waals surface area (Å²) in [5.41, 5.74) is 5.93. The molecule has 20 heavy (non-hydrogen) atoms. The summed E-state index contributed by atoms with van der Waals surface area (Å²) in [4.78, 5) is 12.2. The van der Waals surface area contributed by atoms with Crippen LogP contribution >= 0.6 is 11.3 Å². The molecule has 3 N–H and O–H groups in total. The van der Waals surface area contributed by atoms with E-state index < -0.39 is 0 Å². The lowest BCUT2D eigenvalue weighted by atomic mass is 9.86. The lowest BCUT2D eigenvalue weighted by molar-refractivity contribution is -0.120. The highest BCUT2D eigenvalue weighted by Gasteiger charge is 2.26. The maximum absolute atomic E-state index is 12.2. The number of carbonyl (C=O) groups excluding carboxylic acids is 1. The summed E-state index contributed by atoms with van der Waals surface area (Å²) in [6.45, 7) is 4.30. The molecule has 1 amide bonds. The molecule has 1 aliphatic rings. The van der Waals surface area contributed by atoms with Crippen LogP contribution in [0.4, 0.5) is 5.13 Å². The predicted molar refractivity (Wildman–Crippen MR) is 81.8 cm³/mol. The van der Waals surface area contributed by atoms with Gasteiger partial charge in [0.15, 0.2) is 0 Å². The molecular weight excluding hydrogens is 272 g/mol. The number of hydrogen-bond donors (Lipinski definition) is 2. The van der Waals surface area contributed by atoms with E-state index in [1.807, 2.05) is 0 Å². The Balaban J connectivity index is 1.94. The van der Waals surface area contributed by atoms with Gasteiger partial charge in [0.25, 0.3) is 0 Å². The number of hydrogen-bond acceptors (Lipinski definition) is 5. The third kappa shape index (κ3) is 3.76. The van der Waals surface area contributed by atoms with Crippen LogP contribution in [-0.2, 0) is 4.79 Å². The summed E-state index contributed by atoms with van der Waals surface area (Å²) in [5, 5.41) is 12.8. The number of anilines is 1. The molecule has 0 spiro atoms. The largest absolute Gasteiger partial charge is 0.328 e. The van der Waals surface area contributed by atoms with Crippen LogP contribution in [0.1, 0.15) is 63.3 Å². The lowest BCUT2D eigenvalue weighted by Crippen LogP contribution is -2.34. The standard InChI is InChI=1S/C14H24N4OS/c1-3-9(4-2)13-17-18-14(20-13)16-12(19)10-6-5-7-11(15)8-10/h9-11H,3-8,15H2,1-2H3,(H,16,18,19).